The van der Waals surface area contributed by atoms with Crippen LogP contribution in [0.2, 0.25) is 0 Å². The Labute approximate surface area is 163 Å². The van der Waals surface area contributed by atoms with Gasteiger partial charge in [0.2, 0.25) is 0 Å². The number of carbonyl (C=O) groups is 1. The fraction of sp³-hybridized carbons (Fsp3) is 0.364. The Morgan fingerprint density at radius 2 is 2.25 bits per heavy atom. The predicted octanol–water partition coefficient (Wildman–Crippen LogP) is 3.11. The molecule has 2 aliphatic heterocycles. The number of methoxy groups -OCH3 is 1. The second-order valence-corrected chi connectivity index (χ2v) is 7.59. The summed E-state index contributed by atoms with van der Waals surface area (Å²) in [5.74, 6) is 1.21. The van der Waals surface area contributed by atoms with Crippen LogP contribution in [0.5, 0.6) is 11.5 Å². The highest BCUT2D eigenvalue weighted by atomic mass is 16.6. The Kier molecular flexibility index (Phi) is 3.82. The molecule has 0 fully saturated rings. The molecule has 2 aromatic rings. The van der Waals surface area contributed by atoms with Gasteiger partial charge < -0.3 is 19.1 Å². The zero-order valence-electron chi connectivity index (χ0n) is 15.9. The van der Waals surface area contributed by atoms with Gasteiger partial charge in [0.15, 0.2) is 11.5 Å². The highest BCUT2D eigenvalue weighted by Gasteiger charge is 2.54. The van der Waals surface area contributed by atoms with Crippen LogP contribution in [0, 0.1) is 0 Å². The van der Waals surface area contributed by atoms with Crippen LogP contribution < -0.4 is 14.4 Å². The fourth-order valence-corrected chi connectivity index (χ4v) is 4.64. The molecule has 1 unspecified atom stereocenters. The van der Waals surface area contributed by atoms with Crippen molar-refractivity contribution in [2.24, 2.45) is 0 Å². The summed E-state index contributed by atoms with van der Waals surface area (Å²) in [7, 11) is 3.77. The summed E-state index contributed by atoms with van der Waals surface area (Å²) in [4.78, 5) is 18.7. The normalized spacial score (nSPS) is 26.9. The quantitative estimate of drug-likeness (QED) is 0.604. The number of aromatic nitrogens is 1. The molecule has 0 saturated carbocycles. The van der Waals surface area contributed by atoms with Crippen molar-refractivity contribution in [2.45, 2.75) is 30.5 Å². The molecule has 5 rings (SSSR count). The first-order chi connectivity index (χ1) is 13.6. The van der Waals surface area contributed by atoms with E-state index in [0.717, 1.165) is 24.5 Å². The molecule has 0 bridgehead atoms. The first-order valence-corrected chi connectivity index (χ1v) is 9.52. The minimum absolute atomic E-state index is 0.0806. The van der Waals surface area contributed by atoms with Gasteiger partial charge in [-0.25, -0.2) is 4.79 Å². The SMILES string of the molecule is COc1ccc2c3c1OC1C[C@@H](OC(=O)c4cccnc4)C=C[C@@]31CCN2C. The van der Waals surface area contributed by atoms with Gasteiger partial charge in [0.05, 0.1) is 18.1 Å². The molecule has 0 radical (unpaired) electrons. The van der Waals surface area contributed by atoms with E-state index in [-0.39, 0.29) is 23.6 Å². The van der Waals surface area contributed by atoms with Crippen LogP contribution in [0.15, 0.2) is 48.8 Å². The van der Waals surface area contributed by atoms with E-state index in [1.54, 1.807) is 25.4 Å². The topological polar surface area (TPSA) is 60.9 Å². The summed E-state index contributed by atoms with van der Waals surface area (Å²) in [6.45, 7) is 0.948. The molecule has 6 heteroatoms. The van der Waals surface area contributed by atoms with Gasteiger partial charge in [0, 0.05) is 43.7 Å². The minimum atomic E-state index is -0.365. The number of benzene rings is 1. The van der Waals surface area contributed by atoms with Crippen LogP contribution in [-0.4, -0.2) is 43.9 Å². The van der Waals surface area contributed by atoms with Crippen LogP contribution in [0.1, 0.15) is 28.8 Å². The molecule has 1 aromatic heterocycles. The van der Waals surface area contributed by atoms with Crippen LogP contribution in [0.25, 0.3) is 0 Å². The van der Waals surface area contributed by atoms with E-state index in [4.69, 9.17) is 14.2 Å². The third-order valence-corrected chi connectivity index (χ3v) is 6.10. The van der Waals surface area contributed by atoms with Crippen LogP contribution in [-0.2, 0) is 10.2 Å². The third-order valence-electron chi connectivity index (χ3n) is 6.10. The molecule has 0 saturated heterocycles. The standard InChI is InChI=1S/C22H22N2O4/c1-24-11-9-22-8-7-15(27-21(25)14-4-3-10-23-13-14)12-18(22)28-20-17(26-2)6-5-16(24)19(20)22/h3-8,10,13,15,18H,9,11-12H2,1-2H3/t15-,18?,22-/m0/s1. The number of carbonyl (C=O) groups excluding carboxylic acids is 1. The van der Waals surface area contributed by atoms with Gasteiger partial charge in [-0.1, -0.05) is 6.08 Å². The number of nitrogens with zero attached hydrogens (tertiary/aromatic N) is 2. The molecule has 144 valence electrons. The lowest BCUT2D eigenvalue weighted by atomic mass is 9.67. The Balaban J connectivity index is 1.47. The molecule has 3 aliphatic rings. The van der Waals surface area contributed by atoms with Crippen molar-refractivity contribution in [3.8, 4) is 11.5 Å². The Hall–Kier alpha value is -3.02. The molecule has 3 atom stereocenters. The van der Waals surface area contributed by atoms with Gasteiger partial charge >= 0.3 is 5.97 Å². The lowest BCUT2D eigenvalue weighted by molar-refractivity contribution is 0.0221. The van der Waals surface area contributed by atoms with E-state index >= 15 is 0 Å². The van der Waals surface area contributed by atoms with Gasteiger partial charge in [0.25, 0.3) is 0 Å². The summed E-state index contributed by atoms with van der Waals surface area (Å²) in [6, 6.07) is 7.50. The maximum Gasteiger partial charge on any atom is 0.340 e. The Bertz CT molecular complexity index is 959. The van der Waals surface area contributed by atoms with Crippen molar-refractivity contribution in [2.75, 3.05) is 25.6 Å². The average Bonchev–Trinajstić information content (AvgIpc) is 3.07. The number of pyridine rings is 1. The van der Waals surface area contributed by atoms with Crippen molar-refractivity contribution in [1.82, 2.24) is 4.98 Å². The summed E-state index contributed by atoms with van der Waals surface area (Å²) < 4.78 is 17.7. The lowest BCUT2D eigenvalue weighted by Crippen LogP contribution is -2.47. The molecule has 0 N–H and O–H groups in total. The largest absolute Gasteiger partial charge is 0.493 e. The van der Waals surface area contributed by atoms with E-state index < -0.39 is 0 Å². The summed E-state index contributed by atoms with van der Waals surface area (Å²) in [5, 5.41) is 0. The fourth-order valence-electron chi connectivity index (χ4n) is 4.64. The van der Waals surface area contributed by atoms with Gasteiger partial charge in [-0.2, -0.15) is 0 Å². The zero-order valence-corrected chi connectivity index (χ0v) is 15.9. The molecule has 1 aromatic carbocycles. The van der Waals surface area contributed by atoms with Crippen molar-refractivity contribution < 1.29 is 19.0 Å². The predicted molar refractivity (Wildman–Crippen MR) is 104 cm³/mol. The highest BCUT2D eigenvalue weighted by molar-refractivity contribution is 5.89. The highest BCUT2D eigenvalue weighted by Crippen LogP contribution is 2.58. The molecule has 3 heterocycles. The number of hydrogen-bond acceptors (Lipinski definition) is 6. The van der Waals surface area contributed by atoms with Crippen LogP contribution in [0.4, 0.5) is 5.69 Å². The van der Waals surface area contributed by atoms with Crippen molar-refractivity contribution in [3.63, 3.8) is 0 Å². The molecule has 28 heavy (non-hydrogen) atoms. The second kappa shape index (κ2) is 6.26. The van der Waals surface area contributed by atoms with Crippen molar-refractivity contribution in [1.29, 1.82) is 0 Å². The molecule has 6 nitrogen and oxygen atoms in total. The maximum atomic E-state index is 12.4. The first kappa shape index (κ1) is 17.1. The number of hydrogen-bond donors (Lipinski definition) is 0. The van der Waals surface area contributed by atoms with Crippen LogP contribution in [0.3, 0.4) is 0 Å². The molecule has 1 spiro atoms. The van der Waals surface area contributed by atoms with Gasteiger partial charge in [-0.05, 0) is 36.8 Å². The summed E-state index contributed by atoms with van der Waals surface area (Å²) in [5.41, 5.74) is 2.64. The maximum absolute atomic E-state index is 12.4. The number of rotatable bonds is 3. The van der Waals surface area contributed by atoms with Crippen LogP contribution >= 0.6 is 0 Å². The van der Waals surface area contributed by atoms with E-state index in [0.29, 0.717) is 12.0 Å². The van der Waals surface area contributed by atoms with E-state index in [2.05, 4.69) is 29.1 Å². The van der Waals surface area contributed by atoms with Gasteiger partial charge in [-0.3, -0.25) is 4.98 Å². The first-order valence-electron chi connectivity index (χ1n) is 9.52. The Morgan fingerprint density at radius 3 is 3.04 bits per heavy atom. The summed E-state index contributed by atoms with van der Waals surface area (Å²) >= 11 is 0. The minimum Gasteiger partial charge on any atom is -0.493 e. The smallest absolute Gasteiger partial charge is 0.340 e. The molecular formula is C22H22N2O4. The van der Waals surface area contributed by atoms with E-state index in [1.165, 1.54) is 17.4 Å². The third kappa shape index (κ3) is 2.40. The zero-order chi connectivity index (χ0) is 19.3. The van der Waals surface area contributed by atoms with Crippen molar-refractivity contribution >= 4 is 11.7 Å². The molecule has 1 aliphatic carbocycles. The van der Waals surface area contributed by atoms with E-state index in [1.807, 2.05) is 12.1 Å². The average molecular weight is 378 g/mol. The number of ether oxygens (including phenoxy) is 3. The monoisotopic (exact) mass is 378 g/mol. The molecular weight excluding hydrogens is 356 g/mol. The summed E-state index contributed by atoms with van der Waals surface area (Å²) in [6.07, 6.45) is 8.52. The molecule has 0 amide bonds. The Morgan fingerprint density at radius 1 is 1.36 bits per heavy atom. The van der Waals surface area contributed by atoms with Crippen molar-refractivity contribution in [3.05, 3.63) is 59.9 Å². The van der Waals surface area contributed by atoms with E-state index in [9.17, 15) is 4.79 Å². The lowest BCUT2D eigenvalue weighted by Gasteiger charge is -2.42. The number of esters is 1. The van der Waals surface area contributed by atoms with Gasteiger partial charge in [-0.15, -0.1) is 0 Å². The van der Waals surface area contributed by atoms with Gasteiger partial charge in [0.1, 0.15) is 12.2 Å². The second-order valence-electron chi connectivity index (χ2n) is 7.59. The number of anilines is 1.